The molecule has 3 N–H and O–H groups in total. The lowest BCUT2D eigenvalue weighted by Crippen LogP contribution is -2.11. The zero-order valence-electron chi connectivity index (χ0n) is 9.92. The van der Waals surface area contributed by atoms with E-state index in [2.05, 4.69) is 15.4 Å². The highest BCUT2D eigenvalue weighted by molar-refractivity contribution is 5.36. The fourth-order valence-corrected chi connectivity index (χ4v) is 1.35. The van der Waals surface area contributed by atoms with Crippen LogP contribution in [0.2, 0.25) is 0 Å². The second kappa shape index (κ2) is 5.99. The number of nitrogens with two attached hydrogens (primary N) is 1. The highest BCUT2D eigenvalue weighted by Gasteiger charge is 2.06. The first-order chi connectivity index (χ1) is 8.81. The normalized spacial score (nSPS) is 10.3. The molecule has 7 heteroatoms. The zero-order valence-corrected chi connectivity index (χ0v) is 9.92. The Morgan fingerprint density at radius 3 is 2.94 bits per heavy atom. The number of rotatable bonds is 6. The molecule has 0 amide bonds. The highest BCUT2D eigenvalue weighted by Crippen LogP contribution is 2.15. The van der Waals surface area contributed by atoms with Gasteiger partial charge in [-0.15, -0.1) is 0 Å². The van der Waals surface area contributed by atoms with Crippen molar-refractivity contribution >= 4 is 5.82 Å². The van der Waals surface area contributed by atoms with Gasteiger partial charge in [-0.3, -0.25) is 0 Å². The molecule has 0 fully saturated rings. The van der Waals surface area contributed by atoms with Crippen molar-refractivity contribution in [2.24, 2.45) is 5.84 Å². The maximum Gasteiger partial charge on any atom is 0.219 e. The second-order valence-corrected chi connectivity index (χ2v) is 3.45. The average molecular weight is 250 g/mol. The largest absolute Gasteiger partial charge is 0.469 e. The Bertz CT molecular complexity index is 487. The van der Waals surface area contributed by atoms with E-state index < -0.39 is 0 Å². The minimum atomic E-state index is 0.284. The maximum absolute atomic E-state index is 5.48. The molecule has 0 atom stereocenters. The first kappa shape index (κ1) is 12.3. The highest BCUT2D eigenvalue weighted by atomic mass is 16.5. The van der Waals surface area contributed by atoms with Crippen LogP contribution in [0.25, 0.3) is 0 Å². The zero-order chi connectivity index (χ0) is 12.8. The Kier molecular flexibility index (Phi) is 4.11. The molecule has 0 bridgehead atoms. The van der Waals surface area contributed by atoms with Crippen LogP contribution in [0.1, 0.15) is 11.6 Å². The second-order valence-electron chi connectivity index (χ2n) is 3.45. The van der Waals surface area contributed by atoms with Gasteiger partial charge in [-0.2, -0.15) is 4.98 Å². The van der Waals surface area contributed by atoms with Crippen LogP contribution >= 0.6 is 0 Å². The summed E-state index contributed by atoms with van der Waals surface area (Å²) in [6, 6.07) is 5.21. The number of hydrogen-bond donors (Lipinski definition) is 2. The number of furan rings is 1. The van der Waals surface area contributed by atoms with Crippen molar-refractivity contribution in [3.05, 3.63) is 36.0 Å². The molecular weight excluding hydrogens is 236 g/mol. The summed E-state index contributed by atoms with van der Waals surface area (Å²) >= 11 is 0. The van der Waals surface area contributed by atoms with Crippen LogP contribution in [-0.4, -0.2) is 17.1 Å². The molecule has 0 radical (unpaired) electrons. The van der Waals surface area contributed by atoms with E-state index in [9.17, 15) is 0 Å². The third-order valence-electron chi connectivity index (χ3n) is 2.11. The Balaban J connectivity index is 2.08. The first-order valence-electron chi connectivity index (χ1n) is 5.30. The van der Waals surface area contributed by atoms with E-state index in [4.69, 9.17) is 19.7 Å². The van der Waals surface area contributed by atoms with E-state index in [1.165, 1.54) is 0 Å². The third kappa shape index (κ3) is 3.19. The quantitative estimate of drug-likeness (QED) is 0.585. The number of nitrogen functional groups attached to an aromatic ring is 1. The lowest BCUT2D eigenvalue weighted by atomic mass is 10.5. The number of aromatic nitrogens is 2. The fraction of sp³-hybridized carbons (Fsp3) is 0.273. The summed E-state index contributed by atoms with van der Waals surface area (Å²) in [6.45, 7) is 0.576. The van der Waals surface area contributed by atoms with Crippen molar-refractivity contribution < 1.29 is 13.9 Å². The van der Waals surface area contributed by atoms with E-state index in [0.29, 0.717) is 29.9 Å². The van der Waals surface area contributed by atoms with E-state index in [-0.39, 0.29) is 6.61 Å². The van der Waals surface area contributed by atoms with Crippen LogP contribution in [0, 0.1) is 0 Å². The van der Waals surface area contributed by atoms with Gasteiger partial charge in [0.2, 0.25) is 5.88 Å². The third-order valence-corrected chi connectivity index (χ3v) is 2.11. The minimum absolute atomic E-state index is 0.284. The molecular formula is C11H14N4O3. The van der Waals surface area contributed by atoms with E-state index in [0.717, 1.165) is 0 Å². The van der Waals surface area contributed by atoms with Gasteiger partial charge in [0.05, 0.1) is 6.26 Å². The van der Waals surface area contributed by atoms with Crippen LogP contribution in [0.3, 0.4) is 0 Å². The number of methoxy groups -OCH3 is 1. The van der Waals surface area contributed by atoms with Gasteiger partial charge in [0.15, 0.2) is 5.82 Å². The summed E-state index contributed by atoms with van der Waals surface area (Å²) < 4.78 is 15.6. The predicted octanol–water partition coefficient (Wildman–Crippen LogP) is 1.08. The first-order valence-corrected chi connectivity index (χ1v) is 5.30. The summed E-state index contributed by atoms with van der Waals surface area (Å²) in [5, 5.41) is 0. The van der Waals surface area contributed by atoms with Crippen LogP contribution in [0.5, 0.6) is 5.88 Å². The van der Waals surface area contributed by atoms with Crippen LogP contribution < -0.4 is 16.0 Å². The molecule has 0 spiro atoms. The van der Waals surface area contributed by atoms with Gasteiger partial charge in [0.1, 0.15) is 24.8 Å². The number of ether oxygens (including phenoxy) is 2. The molecule has 18 heavy (non-hydrogen) atoms. The molecule has 96 valence electrons. The number of nitrogens with zero attached hydrogens (tertiary/aromatic N) is 2. The minimum Gasteiger partial charge on any atom is -0.469 e. The summed E-state index contributed by atoms with van der Waals surface area (Å²) in [6.07, 6.45) is 1.59. The Morgan fingerprint density at radius 1 is 1.39 bits per heavy atom. The molecule has 2 aromatic rings. The topological polar surface area (TPSA) is 95.4 Å². The van der Waals surface area contributed by atoms with Crippen molar-refractivity contribution in [2.75, 3.05) is 12.5 Å². The van der Waals surface area contributed by atoms with Crippen LogP contribution in [-0.2, 0) is 18.0 Å². The predicted molar refractivity (Wildman–Crippen MR) is 63.6 cm³/mol. The molecule has 2 rings (SSSR count). The van der Waals surface area contributed by atoms with Gasteiger partial charge in [0, 0.05) is 13.2 Å². The van der Waals surface area contributed by atoms with E-state index in [1.54, 1.807) is 25.5 Å². The molecule has 7 nitrogen and oxygen atoms in total. The van der Waals surface area contributed by atoms with Crippen molar-refractivity contribution in [2.45, 2.75) is 13.2 Å². The SMILES string of the molecule is COCc1nc(NN)cc(OCc2ccco2)n1. The Morgan fingerprint density at radius 2 is 2.28 bits per heavy atom. The Labute approximate surface area is 104 Å². The summed E-state index contributed by atoms with van der Waals surface area (Å²) in [4.78, 5) is 8.29. The van der Waals surface area contributed by atoms with Gasteiger partial charge in [0.25, 0.3) is 0 Å². The fourth-order valence-electron chi connectivity index (χ4n) is 1.35. The van der Waals surface area contributed by atoms with Gasteiger partial charge in [-0.25, -0.2) is 10.8 Å². The maximum atomic E-state index is 5.48. The molecule has 0 saturated carbocycles. The van der Waals surface area contributed by atoms with Gasteiger partial charge in [-0.1, -0.05) is 0 Å². The van der Waals surface area contributed by atoms with Gasteiger partial charge in [-0.05, 0) is 12.1 Å². The monoisotopic (exact) mass is 250 g/mol. The molecule has 0 aromatic carbocycles. The number of hydrazine groups is 1. The van der Waals surface area contributed by atoms with Crippen LogP contribution in [0.4, 0.5) is 5.82 Å². The molecule has 0 aliphatic rings. The van der Waals surface area contributed by atoms with E-state index in [1.807, 2.05) is 6.07 Å². The number of hydrogen-bond acceptors (Lipinski definition) is 7. The Hall–Kier alpha value is -2.12. The van der Waals surface area contributed by atoms with Gasteiger partial charge >= 0.3 is 0 Å². The summed E-state index contributed by atoms with van der Waals surface area (Å²) in [7, 11) is 1.56. The summed E-state index contributed by atoms with van der Waals surface area (Å²) in [5.41, 5.74) is 2.45. The standard InChI is InChI=1S/C11H14N4O3/c1-16-7-10-13-9(15-12)5-11(14-10)18-6-8-3-2-4-17-8/h2-5H,6-7,12H2,1H3,(H,13,14,15). The van der Waals surface area contributed by atoms with E-state index >= 15 is 0 Å². The molecule has 0 saturated heterocycles. The van der Waals surface area contributed by atoms with Gasteiger partial charge < -0.3 is 19.3 Å². The number of anilines is 1. The molecule has 0 aliphatic carbocycles. The van der Waals surface area contributed by atoms with Crippen molar-refractivity contribution in [3.8, 4) is 5.88 Å². The van der Waals surface area contributed by atoms with Crippen molar-refractivity contribution in [1.82, 2.24) is 9.97 Å². The molecule has 2 heterocycles. The van der Waals surface area contributed by atoms with Crippen LogP contribution in [0.15, 0.2) is 28.9 Å². The molecule has 0 unspecified atom stereocenters. The van der Waals surface area contributed by atoms with Crippen molar-refractivity contribution in [3.63, 3.8) is 0 Å². The average Bonchev–Trinajstić information content (AvgIpc) is 2.89. The lowest BCUT2D eigenvalue weighted by molar-refractivity contribution is 0.175. The lowest BCUT2D eigenvalue weighted by Gasteiger charge is -2.07. The molecule has 2 aromatic heterocycles. The molecule has 0 aliphatic heterocycles. The smallest absolute Gasteiger partial charge is 0.219 e. The summed E-state index contributed by atoms with van der Waals surface area (Å²) in [5.74, 6) is 7.39. The number of nitrogens with one attached hydrogen (secondary N) is 1. The van der Waals surface area contributed by atoms with Crippen molar-refractivity contribution in [1.29, 1.82) is 0 Å².